The van der Waals surface area contributed by atoms with Crippen molar-refractivity contribution in [3.63, 3.8) is 0 Å². The molecule has 0 saturated heterocycles. The molecule has 0 fully saturated rings. The number of H-pyrrole nitrogens is 1. The molecule has 0 unspecified atom stereocenters. The number of aromatic amines is 1. The van der Waals surface area contributed by atoms with Crippen molar-refractivity contribution in [2.45, 2.75) is 6.92 Å². The van der Waals surface area contributed by atoms with E-state index < -0.39 is 0 Å². The van der Waals surface area contributed by atoms with Gasteiger partial charge in [-0.3, -0.25) is 0 Å². The van der Waals surface area contributed by atoms with Gasteiger partial charge in [-0.15, -0.1) is 0 Å². The molecule has 2 rings (SSSR count). The molecule has 0 amide bonds. The highest BCUT2D eigenvalue weighted by atomic mass is 16.3. The van der Waals surface area contributed by atoms with Crippen LogP contribution in [0.1, 0.15) is 5.56 Å². The Morgan fingerprint density at radius 1 is 1.47 bits per heavy atom. The number of hydrogen-bond donors (Lipinski definition) is 2. The third-order valence-corrected chi connectivity index (χ3v) is 2.42. The van der Waals surface area contributed by atoms with E-state index in [4.69, 9.17) is 5.11 Å². The van der Waals surface area contributed by atoms with Crippen molar-refractivity contribution in [2.75, 3.05) is 25.1 Å². The lowest BCUT2D eigenvalue weighted by Gasteiger charge is -2.12. The van der Waals surface area contributed by atoms with Crippen LogP contribution in [0.4, 0.5) is 5.95 Å². The van der Waals surface area contributed by atoms with Crippen molar-refractivity contribution in [1.82, 2.24) is 9.97 Å². The highest BCUT2D eigenvalue weighted by Gasteiger charge is 2.06. The summed E-state index contributed by atoms with van der Waals surface area (Å²) in [4.78, 5) is 9.56. The van der Waals surface area contributed by atoms with Crippen molar-refractivity contribution in [1.29, 1.82) is 0 Å². The number of imidazole rings is 1. The third-order valence-electron chi connectivity index (χ3n) is 2.42. The minimum atomic E-state index is 0.132. The van der Waals surface area contributed by atoms with Crippen LogP contribution in [0.25, 0.3) is 11.0 Å². The molecule has 2 aromatic rings. The molecular weight excluding hydrogens is 190 g/mol. The third kappa shape index (κ3) is 1.94. The number of aliphatic hydroxyl groups excluding tert-OH is 1. The summed E-state index contributed by atoms with van der Waals surface area (Å²) in [6.07, 6.45) is 0. The number of nitrogens with one attached hydrogen (secondary N) is 1. The fourth-order valence-corrected chi connectivity index (χ4v) is 1.54. The lowest BCUT2D eigenvalue weighted by atomic mass is 10.2. The second-order valence-corrected chi connectivity index (χ2v) is 3.73. The first-order valence-corrected chi connectivity index (χ1v) is 4.99. The Bertz CT molecular complexity index is 464. The summed E-state index contributed by atoms with van der Waals surface area (Å²) in [5, 5.41) is 8.83. The maximum Gasteiger partial charge on any atom is 0.203 e. The van der Waals surface area contributed by atoms with Crippen LogP contribution in [0.2, 0.25) is 0 Å². The van der Waals surface area contributed by atoms with Crippen LogP contribution in [0.5, 0.6) is 0 Å². The summed E-state index contributed by atoms with van der Waals surface area (Å²) in [6, 6.07) is 6.12. The molecule has 0 aliphatic rings. The average molecular weight is 205 g/mol. The summed E-state index contributed by atoms with van der Waals surface area (Å²) in [7, 11) is 1.90. The zero-order valence-electron chi connectivity index (χ0n) is 8.99. The number of nitrogens with zero attached hydrogens (tertiary/aromatic N) is 2. The molecule has 1 heterocycles. The van der Waals surface area contributed by atoms with Gasteiger partial charge in [-0.2, -0.15) is 0 Å². The molecule has 0 spiro atoms. The molecule has 0 radical (unpaired) electrons. The minimum Gasteiger partial charge on any atom is -0.395 e. The monoisotopic (exact) mass is 205 g/mol. The van der Waals surface area contributed by atoms with E-state index in [1.807, 2.05) is 31.0 Å². The van der Waals surface area contributed by atoms with E-state index in [0.29, 0.717) is 6.54 Å². The smallest absolute Gasteiger partial charge is 0.203 e. The van der Waals surface area contributed by atoms with E-state index in [1.165, 1.54) is 5.56 Å². The number of benzene rings is 1. The van der Waals surface area contributed by atoms with Gasteiger partial charge in [-0.25, -0.2) is 4.98 Å². The zero-order chi connectivity index (χ0) is 10.8. The zero-order valence-corrected chi connectivity index (χ0v) is 8.99. The van der Waals surface area contributed by atoms with E-state index in [9.17, 15) is 0 Å². The predicted octanol–water partition coefficient (Wildman–Crippen LogP) is 1.30. The number of rotatable bonds is 3. The van der Waals surface area contributed by atoms with Crippen LogP contribution in [-0.4, -0.2) is 35.3 Å². The molecule has 15 heavy (non-hydrogen) atoms. The second kappa shape index (κ2) is 3.90. The fraction of sp³-hybridized carbons (Fsp3) is 0.364. The summed E-state index contributed by atoms with van der Waals surface area (Å²) < 4.78 is 0. The highest BCUT2D eigenvalue weighted by Crippen LogP contribution is 2.17. The molecule has 4 heteroatoms. The summed E-state index contributed by atoms with van der Waals surface area (Å²) in [5.41, 5.74) is 3.19. The van der Waals surface area contributed by atoms with Gasteiger partial charge >= 0.3 is 0 Å². The quantitative estimate of drug-likeness (QED) is 0.794. The minimum absolute atomic E-state index is 0.132. The highest BCUT2D eigenvalue weighted by molar-refractivity contribution is 5.78. The van der Waals surface area contributed by atoms with E-state index in [1.54, 1.807) is 0 Å². The number of hydrogen-bond acceptors (Lipinski definition) is 3. The summed E-state index contributed by atoms with van der Waals surface area (Å²) >= 11 is 0. The standard InChI is InChI=1S/C11H15N3O/c1-8-3-4-9-10(7-8)13-11(12-9)14(2)5-6-15/h3-4,7,15H,5-6H2,1-2H3,(H,12,13). The van der Waals surface area contributed by atoms with Gasteiger partial charge in [0.2, 0.25) is 5.95 Å². The molecule has 0 saturated carbocycles. The number of aromatic nitrogens is 2. The Morgan fingerprint density at radius 3 is 3.00 bits per heavy atom. The normalized spacial score (nSPS) is 10.9. The van der Waals surface area contributed by atoms with Gasteiger partial charge in [0, 0.05) is 13.6 Å². The molecule has 0 bridgehead atoms. The topological polar surface area (TPSA) is 52.2 Å². The molecule has 1 aromatic carbocycles. The number of fused-ring (bicyclic) bond motifs is 1. The maximum atomic E-state index is 8.83. The number of likely N-dealkylation sites (N-methyl/N-ethyl adjacent to an activating group) is 1. The SMILES string of the molecule is Cc1ccc2[nH]c(N(C)CCO)nc2c1. The Balaban J connectivity index is 2.38. The molecule has 1 aromatic heterocycles. The molecule has 0 aliphatic carbocycles. The maximum absolute atomic E-state index is 8.83. The van der Waals surface area contributed by atoms with Crippen molar-refractivity contribution in [3.8, 4) is 0 Å². The second-order valence-electron chi connectivity index (χ2n) is 3.73. The molecular formula is C11H15N3O. The Labute approximate surface area is 88.6 Å². The van der Waals surface area contributed by atoms with E-state index in [2.05, 4.69) is 16.0 Å². The van der Waals surface area contributed by atoms with E-state index in [0.717, 1.165) is 17.0 Å². The Kier molecular flexibility index (Phi) is 2.60. The number of anilines is 1. The van der Waals surface area contributed by atoms with Crippen molar-refractivity contribution >= 4 is 17.0 Å². The molecule has 0 atom stereocenters. The van der Waals surface area contributed by atoms with E-state index >= 15 is 0 Å². The predicted molar refractivity (Wildman–Crippen MR) is 61.2 cm³/mol. The van der Waals surface area contributed by atoms with Gasteiger partial charge in [0.25, 0.3) is 0 Å². The van der Waals surface area contributed by atoms with Crippen LogP contribution in [-0.2, 0) is 0 Å². The van der Waals surface area contributed by atoms with Crippen molar-refractivity contribution < 1.29 is 5.11 Å². The number of aliphatic hydroxyl groups is 1. The first kappa shape index (κ1) is 9.98. The summed E-state index contributed by atoms with van der Waals surface area (Å²) in [6.45, 7) is 2.76. The van der Waals surface area contributed by atoms with Gasteiger partial charge in [-0.05, 0) is 24.6 Å². The lowest BCUT2D eigenvalue weighted by Crippen LogP contribution is -2.22. The molecule has 80 valence electrons. The molecule has 0 aliphatic heterocycles. The number of aryl methyl sites for hydroxylation is 1. The molecule has 2 N–H and O–H groups in total. The average Bonchev–Trinajstić information content (AvgIpc) is 2.60. The first-order chi connectivity index (χ1) is 7.20. The lowest BCUT2D eigenvalue weighted by molar-refractivity contribution is 0.303. The van der Waals surface area contributed by atoms with Gasteiger partial charge in [0.15, 0.2) is 0 Å². The van der Waals surface area contributed by atoms with Crippen molar-refractivity contribution in [3.05, 3.63) is 23.8 Å². The Morgan fingerprint density at radius 2 is 2.27 bits per heavy atom. The van der Waals surface area contributed by atoms with Crippen LogP contribution >= 0.6 is 0 Å². The van der Waals surface area contributed by atoms with Crippen LogP contribution in [0.15, 0.2) is 18.2 Å². The summed E-state index contributed by atoms with van der Waals surface area (Å²) in [5.74, 6) is 0.796. The molecule has 4 nitrogen and oxygen atoms in total. The van der Waals surface area contributed by atoms with Crippen LogP contribution in [0.3, 0.4) is 0 Å². The van der Waals surface area contributed by atoms with Crippen LogP contribution < -0.4 is 4.90 Å². The fourth-order valence-electron chi connectivity index (χ4n) is 1.54. The Hall–Kier alpha value is -1.55. The largest absolute Gasteiger partial charge is 0.395 e. The van der Waals surface area contributed by atoms with Gasteiger partial charge < -0.3 is 15.0 Å². The first-order valence-electron chi connectivity index (χ1n) is 4.99. The van der Waals surface area contributed by atoms with Gasteiger partial charge in [0.1, 0.15) is 0 Å². The van der Waals surface area contributed by atoms with Crippen molar-refractivity contribution in [2.24, 2.45) is 0 Å². The van der Waals surface area contributed by atoms with E-state index in [-0.39, 0.29) is 6.61 Å². The van der Waals surface area contributed by atoms with Gasteiger partial charge in [-0.1, -0.05) is 6.07 Å². The van der Waals surface area contributed by atoms with Crippen LogP contribution in [0, 0.1) is 6.92 Å². The van der Waals surface area contributed by atoms with Gasteiger partial charge in [0.05, 0.1) is 17.6 Å².